The number of aryl methyl sites for hydroxylation is 1. The molecule has 2 aromatic rings. The van der Waals surface area contributed by atoms with Crippen molar-refractivity contribution in [3.63, 3.8) is 0 Å². The number of carbonyl (C=O) groups is 1. The highest BCUT2D eigenvalue weighted by atomic mass is 32.2. The molecule has 140 valence electrons. The van der Waals surface area contributed by atoms with E-state index in [4.69, 9.17) is 0 Å². The van der Waals surface area contributed by atoms with Gasteiger partial charge in [-0.2, -0.15) is 17.0 Å². The number of amides is 1. The minimum Gasteiger partial charge on any atom is -0.341 e. The first-order valence-corrected chi connectivity index (χ1v) is 9.79. The van der Waals surface area contributed by atoms with Crippen LogP contribution in [0.3, 0.4) is 0 Å². The molecule has 1 saturated heterocycles. The first-order valence-electron chi connectivity index (χ1n) is 8.39. The third-order valence-electron chi connectivity index (χ3n) is 4.45. The minimum atomic E-state index is -3.45. The molecule has 9 heteroatoms. The molecule has 2 heterocycles. The van der Waals surface area contributed by atoms with Gasteiger partial charge in [0, 0.05) is 51.5 Å². The van der Waals surface area contributed by atoms with Crippen LogP contribution in [0.25, 0.3) is 11.4 Å². The summed E-state index contributed by atoms with van der Waals surface area (Å²) in [7, 11) is -0.437. The molecule has 8 nitrogen and oxygen atoms in total. The van der Waals surface area contributed by atoms with Crippen molar-refractivity contribution >= 4 is 16.1 Å². The number of rotatable bonds is 4. The Labute approximate surface area is 153 Å². The molecular weight excluding hydrogens is 354 g/mol. The summed E-state index contributed by atoms with van der Waals surface area (Å²) in [6, 6.07) is 9.61. The summed E-state index contributed by atoms with van der Waals surface area (Å²) in [5, 5.41) is 0. The highest BCUT2D eigenvalue weighted by molar-refractivity contribution is 7.86. The maximum Gasteiger partial charge on any atom is 0.281 e. The second-order valence-corrected chi connectivity index (χ2v) is 8.55. The van der Waals surface area contributed by atoms with Crippen molar-refractivity contribution in [2.45, 2.75) is 6.92 Å². The molecule has 0 saturated carbocycles. The topological polar surface area (TPSA) is 89.6 Å². The summed E-state index contributed by atoms with van der Waals surface area (Å²) >= 11 is 0. The Morgan fingerprint density at radius 2 is 1.73 bits per heavy atom. The number of nitrogens with zero attached hydrogens (tertiary/aromatic N) is 4. The Bertz CT molecular complexity index is 884. The summed E-state index contributed by atoms with van der Waals surface area (Å²) in [6.07, 6.45) is 0. The van der Waals surface area contributed by atoms with Crippen molar-refractivity contribution < 1.29 is 13.2 Å². The normalized spacial score (nSPS) is 16.2. The lowest BCUT2D eigenvalue weighted by molar-refractivity contribution is 0.0689. The van der Waals surface area contributed by atoms with Crippen LogP contribution < -0.4 is 0 Å². The van der Waals surface area contributed by atoms with Crippen LogP contribution in [0.15, 0.2) is 30.3 Å². The van der Waals surface area contributed by atoms with Crippen LogP contribution in [0.1, 0.15) is 16.2 Å². The second-order valence-electron chi connectivity index (χ2n) is 6.41. The molecule has 1 aromatic carbocycles. The predicted molar refractivity (Wildman–Crippen MR) is 98.8 cm³/mol. The summed E-state index contributed by atoms with van der Waals surface area (Å²) < 4.78 is 26.9. The largest absolute Gasteiger partial charge is 0.341 e. The molecule has 26 heavy (non-hydrogen) atoms. The summed E-state index contributed by atoms with van der Waals surface area (Å²) in [6.45, 7) is 3.07. The van der Waals surface area contributed by atoms with Gasteiger partial charge < -0.3 is 9.88 Å². The fraction of sp³-hybridized carbons (Fsp3) is 0.412. The minimum absolute atomic E-state index is 0.178. The lowest BCUT2D eigenvalue weighted by Gasteiger charge is -2.34. The molecule has 1 N–H and O–H groups in total. The van der Waals surface area contributed by atoms with Gasteiger partial charge in [0.15, 0.2) is 0 Å². The maximum atomic E-state index is 12.8. The SMILES string of the molecule is Cc1[nH]c(-c2ccccc2)nc1C(=O)N1CCN(S(=O)(=O)N(C)C)CC1. The summed E-state index contributed by atoms with van der Waals surface area (Å²) in [5.74, 6) is 0.475. The van der Waals surface area contributed by atoms with E-state index in [0.29, 0.717) is 30.3 Å². The zero-order valence-corrected chi connectivity index (χ0v) is 16.0. The molecule has 1 aliphatic rings. The van der Waals surface area contributed by atoms with Gasteiger partial charge >= 0.3 is 0 Å². The zero-order chi connectivity index (χ0) is 18.9. The van der Waals surface area contributed by atoms with E-state index >= 15 is 0 Å². The molecule has 3 rings (SSSR count). The molecule has 0 radical (unpaired) electrons. The molecule has 1 aliphatic heterocycles. The number of aromatic nitrogens is 2. The molecule has 0 bridgehead atoms. The smallest absolute Gasteiger partial charge is 0.281 e. The van der Waals surface area contributed by atoms with E-state index in [1.165, 1.54) is 22.7 Å². The molecular formula is C17H23N5O3S. The number of carbonyl (C=O) groups excluding carboxylic acids is 1. The second kappa shape index (κ2) is 7.18. The van der Waals surface area contributed by atoms with Gasteiger partial charge in [0.2, 0.25) is 0 Å². The van der Waals surface area contributed by atoms with E-state index in [2.05, 4.69) is 9.97 Å². The molecule has 1 aromatic heterocycles. The monoisotopic (exact) mass is 377 g/mol. The van der Waals surface area contributed by atoms with Crippen molar-refractivity contribution in [3.05, 3.63) is 41.7 Å². The number of aromatic amines is 1. The Kier molecular flexibility index (Phi) is 5.12. The van der Waals surface area contributed by atoms with Crippen molar-refractivity contribution in [3.8, 4) is 11.4 Å². The first kappa shape index (κ1) is 18.6. The highest BCUT2D eigenvalue weighted by Crippen LogP contribution is 2.19. The molecule has 0 atom stereocenters. The van der Waals surface area contributed by atoms with Crippen LogP contribution in [-0.2, 0) is 10.2 Å². The lowest BCUT2D eigenvalue weighted by Crippen LogP contribution is -2.53. The van der Waals surface area contributed by atoms with Gasteiger partial charge in [0.05, 0.1) is 0 Å². The van der Waals surface area contributed by atoms with Crippen LogP contribution in [0.2, 0.25) is 0 Å². The first-order chi connectivity index (χ1) is 12.3. The Hall–Kier alpha value is -2.23. The van der Waals surface area contributed by atoms with Crippen molar-refractivity contribution in [1.29, 1.82) is 0 Å². The summed E-state index contributed by atoms with van der Waals surface area (Å²) in [4.78, 5) is 22.1. The van der Waals surface area contributed by atoms with Gasteiger partial charge in [-0.05, 0) is 6.92 Å². The summed E-state index contributed by atoms with van der Waals surface area (Å²) in [5.41, 5.74) is 2.00. The van der Waals surface area contributed by atoms with E-state index in [1.807, 2.05) is 37.3 Å². The number of nitrogens with one attached hydrogen (secondary N) is 1. The van der Waals surface area contributed by atoms with Gasteiger partial charge in [-0.15, -0.1) is 0 Å². The van der Waals surface area contributed by atoms with E-state index in [0.717, 1.165) is 5.56 Å². The van der Waals surface area contributed by atoms with Crippen molar-refractivity contribution in [2.24, 2.45) is 0 Å². The van der Waals surface area contributed by atoms with Gasteiger partial charge in [-0.1, -0.05) is 30.3 Å². The molecule has 1 amide bonds. The number of hydrogen-bond acceptors (Lipinski definition) is 4. The fourth-order valence-corrected chi connectivity index (χ4v) is 3.99. The Morgan fingerprint density at radius 3 is 2.31 bits per heavy atom. The van der Waals surface area contributed by atoms with Crippen LogP contribution in [0, 0.1) is 6.92 Å². The fourth-order valence-electron chi connectivity index (χ4n) is 2.90. The lowest BCUT2D eigenvalue weighted by atomic mass is 10.2. The third-order valence-corrected chi connectivity index (χ3v) is 6.39. The van der Waals surface area contributed by atoms with Crippen molar-refractivity contribution in [2.75, 3.05) is 40.3 Å². The van der Waals surface area contributed by atoms with Gasteiger partial charge in [0.1, 0.15) is 11.5 Å². The number of H-pyrrole nitrogens is 1. The van der Waals surface area contributed by atoms with Crippen LogP contribution in [-0.4, -0.2) is 78.1 Å². The van der Waals surface area contributed by atoms with Gasteiger partial charge in [0.25, 0.3) is 16.1 Å². The maximum absolute atomic E-state index is 12.8. The number of benzene rings is 1. The van der Waals surface area contributed by atoms with E-state index < -0.39 is 10.2 Å². The van der Waals surface area contributed by atoms with Gasteiger partial charge in [-0.3, -0.25) is 4.79 Å². The predicted octanol–water partition coefficient (Wildman–Crippen LogP) is 0.949. The molecule has 0 aliphatic carbocycles. The Morgan fingerprint density at radius 1 is 1.12 bits per heavy atom. The quantitative estimate of drug-likeness (QED) is 0.859. The highest BCUT2D eigenvalue weighted by Gasteiger charge is 2.31. The molecule has 0 spiro atoms. The zero-order valence-electron chi connectivity index (χ0n) is 15.1. The van der Waals surface area contributed by atoms with E-state index in [9.17, 15) is 13.2 Å². The standard InChI is InChI=1S/C17H23N5O3S/c1-13-15(19-16(18-13)14-7-5-4-6-8-14)17(23)21-9-11-22(12-10-21)26(24,25)20(2)3/h4-8H,9-12H2,1-3H3,(H,18,19). The average molecular weight is 377 g/mol. The van der Waals surface area contributed by atoms with Crippen molar-refractivity contribution in [1.82, 2.24) is 23.5 Å². The number of hydrogen-bond donors (Lipinski definition) is 1. The van der Waals surface area contributed by atoms with Gasteiger partial charge in [-0.25, -0.2) is 4.98 Å². The van der Waals surface area contributed by atoms with Crippen LogP contribution in [0.4, 0.5) is 0 Å². The number of piperazine rings is 1. The number of imidazole rings is 1. The van der Waals surface area contributed by atoms with E-state index in [-0.39, 0.29) is 19.0 Å². The van der Waals surface area contributed by atoms with Crippen LogP contribution in [0.5, 0.6) is 0 Å². The van der Waals surface area contributed by atoms with E-state index in [1.54, 1.807) is 4.90 Å². The molecule has 1 fully saturated rings. The van der Waals surface area contributed by atoms with Crippen LogP contribution >= 0.6 is 0 Å². The molecule has 0 unspecified atom stereocenters. The average Bonchev–Trinajstić information content (AvgIpc) is 3.03. The Balaban J connectivity index is 1.73. The third kappa shape index (κ3) is 3.50.